The van der Waals surface area contributed by atoms with E-state index in [4.69, 9.17) is 5.11 Å². The molecule has 0 saturated heterocycles. The van der Waals surface area contributed by atoms with Gasteiger partial charge in [-0.1, -0.05) is 31.5 Å². The van der Waals surface area contributed by atoms with Gasteiger partial charge in [0, 0.05) is 6.04 Å². The van der Waals surface area contributed by atoms with Gasteiger partial charge in [0.05, 0.1) is 29.1 Å². The Bertz CT molecular complexity index is 733. The summed E-state index contributed by atoms with van der Waals surface area (Å²) in [6, 6.07) is 9.66. The molecule has 126 valence electrons. The first-order valence-electron chi connectivity index (χ1n) is 8.26. The van der Waals surface area contributed by atoms with Crippen LogP contribution < -0.4 is 5.32 Å². The maximum Gasteiger partial charge on any atom is 0.306 e. The largest absolute Gasteiger partial charge is 0.481 e. The zero-order valence-electron chi connectivity index (χ0n) is 13.6. The van der Waals surface area contributed by atoms with Gasteiger partial charge in [0.15, 0.2) is 0 Å². The van der Waals surface area contributed by atoms with Crippen LogP contribution in [0.2, 0.25) is 0 Å². The number of carboxylic acid groups (broad SMARTS) is 1. The first-order valence-corrected chi connectivity index (χ1v) is 8.26. The predicted octanol–water partition coefficient (Wildman–Crippen LogP) is 2.42. The van der Waals surface area contributed by atoms with E-state index in [1.807, 2.05) is 30.3 Å². The third-order valence-electron chi connectivity index (χ3n) is 4.42. The van der Waals surface area contributed by atoms with Crippen LogP contribution in [0, 0.1) is 5.92 Å². The third-order valence-corrected chi connectivity index (χ3v) is 4.42. The van der Waals surface area contributed by atoms with Crippen LogP contribution in [0.3, 0.4) is 0 Å². The summed E-state index contributed by atoms with van der Waals surface area (Å²) in [5.74, 6) is -1.30. The number of carbonyl (C=O) groups is 2. The summed E-state index contributed by atoms with van der Waals surface area (Å²) < 4.78 is 1.80. The number of para-hydroxylation sites is 1. The van der Waals surface area contributed by atoms with E-state index in [2.05, 4.69) is 17.3 Å². The molecule has 1 aliphatic rings. The van der Waals surface area contributed by atoms with Crippen LogP contribution >= 0.6 is 0 Å². The Morgan fingerprint density at radius 3 is 2.62 bits per heavy atom. The highest BCUT2D eigenvalue weighted by atomic mass is 16.4. The Labute approximate surface area is 140 Å². The van der Waals surface area contributed by atoms with Crippen molar-refractivity contribution in [2.45, 2.75) is 38.6 Å². The van der Waals surface area contributed by atoms with Gasteiger partial charge in [0.25, 0.3) is 5.91 Å². The van der Waals surface area contributed by atoms with Crippen LogP contribution in [0.25, 0.3) is 5.69 Å². The molecule has 24 heavy (non-hydrogen) atoms. The molecule has 1 aromatic heterocycles. The highest BCUT2D eigenvalue weighted by Crippen LogP contribution is 2.28. The number of hydrogen-bond acceptors (Lipinski definition) is 3. The molecule has 1 saturated carbocycles. The molecule has 0 spiro atoms. The zero-order chi connectivity index (χ0) is 17.1. The second kappa shape index (κ2) is 6.86. The molecule has 0 aliphatic heterocycles. The summed E-state index contributed by atoms with van der Waals surface area (Å²) in [6.07, 6.45) is 4.25. The number of carbonyl (C=O) groups excluding carboxylic acids is 1. The van der Waals surface area contributed by atoms with Crippen molar-refractivity contribution in [3.63, 3.8) is 0 Å². The second-order valence-electron chi connectivity index (χ2n) is 6.18. The molecule has 1 aliphatic carbocycles. The fraction of sp³-hybridized carbons (Fsp3) is 0.389. The van der Waals surface area contributed by atoms with Crippen molar-refractivity contribution >= 4 is 11.9 Å². The molecule has 1 heterocycles. The van der Waals surface area contributed by atoms with Crippen molar-refractivity contribution in [2.24, 2.45) is 5.92 Å². The van der Waals surface area contributed by atoms with Crippen LogP contribution in [-0.2, 0) is 11.2 Å². The van der Waals surface area contributed by atoms with Crippen molar-refractivity contribution < 1.29 is 14.7 Å². The van der Waals surface area contributed by atoms with Gasteiger partial charge in [0.1, 0.15) is 0 Å². The Kier molecular flexibility index (Phi) is 4.64. The number of nitrogens with one attached hydrogen (secondary N) is 1. The van der Waals surface area contributed by atoms with Gasteiger partial charge in [-0.2, -0.15) is 5.10 Å². The minimum atomic E-state index is -0.788. The summed E-state index contributed by atoms with van der Waals surface area (Å²) in [7, 11) is 0. The number of aromatic nitrogens is 2. The first-order chi connectivity index (χ1) is 11.6. The van der Waals surface area contributed by atoms with E-state index in [0.29, 0.717) is 18.4 Å². The molecule has 0 radical (unpaired) electrons. The molecule has 0 atom stereocenters. The lowest BCUT2D eigenvalue weighted by atomic mass is 9.80. The van der Waals surface area contributed by atoms with E-state index >= 15 is 0 Å². The summed E-state index contributed by atoms with van der Waals surface area (Å²) in [5.41, 5.74) is 2.38. The molecule has 1 aromatic carbocycles. The Morgan fingerprint density at radius 1 is 1.29 bits per heavy atom. The van der Waals surface area contributed by atoms with Crippen LogP contribution in [-0.4, -0.2) is 32.8 Å². The molecule has 2 N–H and O–H groups in total. The predicted molar refractivity (Wildman–Crippen MR) is 89.2 cm³/mol. The molecule has 1 amide bonds. The Hall–Kier alpha value is -2.63. The SMILES string of the molecule is CCCc1c(C(=O)NC2CC(C(=O)O)C2)cnn1-c1ccccc1. The maximum absolute atomic E-state index is 12.6. The van der Waals surface area contributed by atoms with Crippen molar-refractivity contribution in [1.29, 1.82) is 0 Å². The molecular weight excluding hydrogens is 306 g/mol. The van der Waals surface area contributed by atoms with Gasteiger partial charge < -0.3 is 10.4 Å². The highest BCUT2D eigenvalue weighted by Gasteiger charge is 2.35. The molecule has 0 bridgehead atoms. The van der Waals surface area contributed by atoms with E-state index in [9.17, 15) is 9.59 Å². The van der Waals surface area contributed by atoms with Crippen molar-refractivity contribution in [1.82, 2.24) is 15.1 Å². The number of carboxylic acids is 1. The summed E-state index contributed by atoms with van der Waals surface area (Å²) in [4.78, 5) is 23.4. The minimum Gasteiger partial charge on any atom is -0.481 e. The highest BCUT2D eigenvalue weighted by molar-refractivity contribution is 5.95. The van der Waals surface area contributed by atoms with Gasteiger partial charge in [0.2, 0.25) is 0 Å². The summed E-state index contributed by atoms with van der Waals surface area (Å²) in [5, 5.41) is 16.2. The third kappa shape index (κ3) is 3.18. The normalized spacial score (nSPS) is 19.5. The van der Waals surface area contributed by atoms with Gasteiger partial charge in [-0.25, -0.2) is 4.68 Å². The monoisotopic (exact) mass is 327 g/mol. The Morgan fingerprint density at radius 2 is 2.00 bits per heavy atom. The van der Waals surface area contributed by atoms with Gasteiger partial charge in [-0.15, -0.1) is 0 Å². The van der Waals surface area contributed by atoms with E-state index in [0.717, 1.165) is 24.2 Å². The topological polar surface area (TPSA) is 84.2 Å². The molecule has 1 fully saturated rings. The van der Waals surface area contributed by atoms with Crippen molar-refractivity contribution in [3.8, 4) is 5.69 Å². The first kappa shape index (κ1) is 16.2. The standard InChI is InChI=1S/C18H21N3O3/c1-2-6-16-15(11-19-21(16)14-7-4-3-5-8-14)17(22)20-13-9-12(10-13)18(23)24/h3-5,7-8,11-13H,2,6,9-10H2,1H3,(H,20,22)(H,23,24). The number of benzene rings is 1. The molecule has 0 unspecified atom stereocenters. The van der Waals surface area contributed by atoms with Gasteiger partial charge in [-0.05, 0) is 31.4 Å². The van der Waals surface area contributed by atoms with Gasteiger partial charge in [-0.3, -0.25) is 9.59 Å². The minimum absolute atomic E-state index is 0.0619. The average Bonchev–Trinajstić information content (AvgIpc) is 2.95. The number of amides is 1. The maximum atomic E-state index is 12.6. The molecular formula is C18H21N3O3. The molecule has 6 nitrogen and oxygen atoms in total. The fourth-order valence-electron chi connectivity index (χ4n) is 3.03. The number of rotatable bonds is 6. The molecule has 2 aromatic rings. The molecule has 3 rings (SSSR count). The van der Waals surface area contributed by atoms with Gasteiger partial charge >= 0.3 is 5.97 Å². The van der Waals surface area contributed by atoms with Crippen LogP contribution in [0.1, 0.15) is 42.2 Å². The lowest BCUT2D eigenvalue weighted by Gasteiger charge is -2.32. The fourth-order valence-corrected chi connectivity index (χ4v) is 3.03. The number of hydrogen-bond donors (Lipinski definition) is 2. The Balaban J connectivity index is 1.77. The van der Waals surface area contributed by atoms with Crippen LogP contribution in [0.5, 0.6) is 0 Å². The smallest absolute Gasteiger partial charge is 0.306 e. The summed E-state index contributed by atoms with van der Waals surface area (Å²) in [6.45, 7) is 2.06. The van der Waals surface area contributed by atoms with Crippen molar-refractivity contribution in [3.05, 3.63) is 47.8 Å². The van der Waals surface area contributed by atoms with Crippen LogP contribution in [0.15, 0.2) is 36.5 Å². The quantitative estimate of drug-likeness (QED) is 0.853. The van der Waals surface area contributed by atoms with E-state index < -0.39 is 5.97 Å². The second-order valence-corrected chi connectivity index (χ2v) is 6.18. The summed E-state index contributed by atoms with van der Waals surface area (Å²) >= 11 is 0. The van der Waals surface area contributed by atoms with E-state index in [1.54, 1.807) is 10.9 Å². The molecule has 6 heteroatoms. The average molecular weight is 327 g/mol. The van der Waals surface area contributed by atoms with E-state index in [1.165, 1.54) is 0 Å². The van der Waals surface area contributed by atoms with E-state index in [-0.39, 0.29) is 17.9 Å². The zero-order valence-corrected chi connectivity index (χ0v) is 13.6. The number of nitrogens with zero attached hydrogens (tertiary/aromatic N) is 2. The van der Waals surface area contributed by atoms with Crippen molar-refractivity contribution in [2.75, 3.05) is 0 Å². The number of aliphatic carboxylic acids is 1. The lowest BCUT2D eigenvalue weighted by molar-refractivity contribution is -0.145. The van der Waals surface area contributed by atoms with Crippen LogP contribution in [0.4, 0.5) is 0 Å². The lowest BCUT2D eigenvalue weighted by Crippen LogP contribution is -2.46.